The maximum atomic E-state index is 13.8. The van der Waals surface area contributed by atoms with Crippen molar-refractivity contribution < 1.29 is 14.3 Å². The molecular weight excluding hydrogens is 494 g/mol. The van der Waals surface area contributed by atoms with Gasteiger partial charge in [0.25, 0.3) is 5.91 Å². The fraction of sp³-hybridized carbons (Fsp3) is 0.286. The highest BCUT2D eigenvalue weighted by Gasteiger charge is 2.24. The third kappa shape index (κ3) is 6.16. The highest BCUT2D eigenvalue weighted by molar-refractivity contribution is 7.22. The normalized spacial score (nSPS) is 10.8. The average molecular weight is 526 g/mol. The zero-order valence-corrected chi connectivity index (χ0v) is 22.7. The van der Waals surface area contributed by atoms with Crippen LogP contribution >= 0.6 is 23.7 Å². The van der Waals surface area contributed by atoms with Crippen LogP contribution in [0.4, 0.5) is 5.13 Å². The number of ether oxygens (including phenoxy) is 2. The number of benzene rings is 3. The van der Waals surface area contributed by atoms with E-state index in [0.717, 1.165) is 41.2 Å². The number of aromatic nitrogens is 1. The van der Waals surface area contributed by atoms with E-state index in [1.807, 2.05) is 60.7 Å². The summed E-state index contributed by atoms with van der Waals surface area (Å²) in [5.41, 5.74) is 2.45. The summed E-state index contributed by atoms with van der Waals surface area (Å²) in [5, 5.41) is 0.666. The van der Waals surface area contributed by atoms with Crippen LogP contribution in [-0.2, 0) is 0 Å². The minimum atomic E-state index is -0.105. The first-order chi connectivity index (χ1) is 17.0. The van der Waals surface area contributed by atoms with Gasteiger partial charge in [0.2, 0.25) is 0 Å². The van der Waals surface area contributed by atoms with Crippen LogP contribution in [0, 0.1) is 6.92 Å². The Labute approximate surface area is 222 Å². The molecule has 0 aliphatic carbocycles. The highest BCUT2D eigenvalue weighted by atomic mass is 35.5. The molecule has 190 valence electrons. The third-order valence-corrected chi connectivity index (χ3v) is 7.20. The first-order valence-electron chi connectivity index (χ1n) is 11.8. The second-order valence-electron chi connectivity index (χ2n) is 8.19. The topological polar surface area (TPSA) is 54.9 Å². The van der Waals surface area contributed by atoms with Gasteiger partial charge in [0.1, 0.15) is 22.8 Å². The number of anilines is 1. The van der Waals surface area contributed by atoms with Crippen molar-refractivity contribution in [3.63, 3.8) is 0 Å². The lowest BCUT2D eigenvalue weighted by Gasteiger charge is -2.25. The zero-order chi connectivity index (χ0) is 24.8. The van der Waals surface area contributed by atoms with Gasteiger partial charge in [-0.05, 0) is 62.0 Å². The molecule has 0 atom stereocenters. The molecule has 6 nitrogen and oxygen atoms in total. The van der Waals surface area contributed by atoms with E-state index in [2.05, 4.69) is 25.7 Å². The van der Waals surface area contributed by atoms with Crippen LogP contribution in [0.3, 0.4) is 0 Å². The number of rotatable bonds is 10. The number of hydrogen-bond acceptors (Lipinski definition) is 6. The lowest BCUT2D eigenvalue weighted by molar-refractivity contribution is 0.0983. The van der Waals surface area contributed by atoms with Gasteiger partial charge in [-0.3, -0.25) is 9.69 Å². The number of halogens is 1. The Morgan fingerprint density at radius 3 is 2.36 bits per heavy atom. The summed E-state index contributed by atoms with van der Waals surface area (Å²) >= 11 is 1.52. The van der Waals surface area contributed by atoms with E-state index in [1.54, 1.807) is 18.1 Å². The molecule has 8 heteroatoms. The van der Waals surface area contributed by atoms with E-state index in [0.29, 0.717) is 28.7 Å². The molecule has 4 aromatic rings. The van der Waals surface area contributed by atoms with Gasteiger partial charge in [-0.15, -0.1) is 12.4 Å². The molecule has 0 radical (unpaired) electrons. The molecule has 1 aromatic heterocycles. The number of fused-ring (bicyclic) bond motifs is 1. The summed E-state index contributed by atoms with van der Waals surface area (Å²) in [5.74, 6) is 1.95. The fourth-order valence-corrected chi connectivity index (χ4v) is 4.99. The van der Waals surface area contributed by atoms with Gasteiger partial charge in [-0.2, -0.15) is 0 Å². The van der Waals surface area contributed by atoms with Gasteiger partial charge in [-0.25, -0.2) is 4.98 Å². The van der Waals surface area contributed by atoms with Crippen molar-refractivity contribution in [2.75, 3.05) is 38.2 Å². The van der Waals surface area contributed by atoms with E-state index in [1.165, 1.54) is 11.3 Å². The number of amides is 1. The molecule has 36 heavy (non-hydrogen) atoms. The number of nitrogens with zero attached hydrogens (tertiary/aromatic N) is 3. The molecule has 1 amide bonds. The summed E-state index contributed by atoms with van der Waals surface area (Å²) in [7, 11) is 1.64. The minimum Gasteiger partial charge on any atom is -0.494 e. The molecule has 3 aromatic carbocycles. The molecule has 0 spiro atoms. The SMILES string of the molecule is CCN(CC)CCN(C(=O)c1cccc(Oc2ccccc2)c1)c1nc2c(OC)ccc(C)c2s1.Cl. The van der Waals surface area contributed by atoms with Crippen molar-refractivity contribution in [2.24, 2.45) is 0 Å². The maximum Gasteiger partial charge on any atom is 0.260 e. The van der Waals surface area contributed by atoms with Gasteiger partial charge < -0.3 is 14.4 Å². The Hall–Kier alpha value is -3.13. The molecule has 0 aliphatic heterocycles. The molecule has 0 fully saturated rings. The number of carbonyl (C=O) groups is 1. The van der Waals surface area contributed by atoms with Crippen molar-refractivity contribution >= 4 is 45.0 Å². The summed E-state index contributed by atoms with van der Waals surface area (Å²) in [6.07, 6.45) is 0. The number of hydrogen-bond donors (Lipinski definition) is 0. The molecule has 0 saturated heterocycles. The van der Waals surface area contributed by atoms with E-state index < -0.39 is 0 Å². The Morgan fingerprint density at radius 1 is 0.944 bits per heavy atom. The zero-order valence-electron chi connectivity index (χ0n) is 21.1. The number of methoxy groups -OCH3 is 1. The largest absolute Gasteiger partial charge is 0.494 e. The van der Waals surface area contributed by atoms with Crippen LogP contribution in [0.15, 0.2) is 66.7 Å². The summed E-state index contributed by atoms with van der Waals surface area (Å²) < 4.78 is 12.5. The quantitative estimate of drug-likeness (QED) is 0.227. The minimum absolute atomic E-state index is 0. The Balaban J connectivity index is 0.00000361. The first-order valence-corrected chi connectivity index (χ1v) is 12.7. The molecule has 0 bridgehead atoms. The second-order valence-corrected chi connectivity index (χ2v) is 9.16. The van der Waals surface area contributed by atoms with E-state index in [9.17, 15) is 4.79 Å². The van der Waals surface area contributed by atoms with Gasteiger partial charge in [0, 0.05) is 18.7 Å². The number of carbonyl (C=O) groups excluding carboxylic acids is 1. The molecule has 1 heterocycles. The van der Waals surface area contributed by atoms with Crippen LogP contribution in [0.25, 0.3) is 10.2 Å². The maximum absolute atomic E-state index is 13.8. The third-order valence-electron chi connectivity index (χ3n) is 5.98. The summed E-state index contributed by atoms with van der Waals surface area (Å²) in [4.78, 5) is 22.8. The smallest absolute Gasteiger partial charge is 0.260 e. The molecule has 0 N–H and O–H groups in total. The molecule has 0 aliphatic rings. The van der Waals surface area contributed by atoms with Crippen LogP contribution in [0.5, 0.6) is 17.2 Å². The fourth-order valence-electron chi connectivity index (χ4n) is 3.92. The standard InChI is InChI=1S/C28H31N3O3S.ClH/c1-5-30(6-2)17-18-31(28-29-25-24(33-4)16-15-20(3)26(25)35-28)27(32)21-11-10-14-23(19-21)34-22-12-8-7-9-13-22;/h7-16,19H,5-6,17-18H2,1-4H3;1H. The van der Waals surface area contributed by atoms with Gasteiger partial charge >= 0.3 is 0 Å². The monoisotopic (exact) mass is 525 g/mol. The summed E-state index contributed by atoms with van der Waals surface area (Å²) in [6.45, 7) is 9.45. The predicted octanol–water partition coefficient (Wildman–Crippen LogP) is 6.82. The van der Waals surface area contributed by atoms with Gasteiger partial charge in [0.15, 0.2) is 5.13 Å². The molecule has 4 rings (SSSR count). The number of thiazole rings is 1. The number of aryl methyl sites for hydroxylation is 1. The lowest BCUT2D eigenvalue weighted by atomic mass is 10.2. The molecule has 0 unspecified atom stereocenters. The Kier molecular flexibility index (Phi) is 9.70. The van der Waals surface area contributed by atoms with Crippen LogP contribution in [0.1, 0.15) is 29.8 Å². The van der Waals surface area contributed by atoms with Crippen LogP contribution in [-0.4, -0.2) is 49.1 Å². The van der Waals surface area contributed by atoms with E-state index in [-0.39, 0.29) is 18.3 Å². The Bertz CT molecular complexity index is 1290. The van der Waals surface area contributed by atoms with Crippen molar-refractivity contribution in [2.45, 2.75) is 20.8 Å². The highest BCUT2D eigenvalue weighted by Crippen LogP contribution is 2.37. The molecule has 0 saturated carbocycles. The number of likely N-dealkylation sites (N-methyl/N-ethyl adjacent to an activating group) is 1. The lowest BCUT2D eigenvalue weighted by Crippen LogP contribution is -2.38. The number of para-hydroxylation sites is 1. The van der Waals surface area contributed by atoms with E-state index in [4.69, 9.17) is 14.5 Å². The average Bonchev–Trinajstić information content (AvgIpc) is 3.33. The first kappa shape index (κ1) is 27.5. The van der Waals surface area contributed by atoms with Crippen molar-refractivity contribution in [3.8, 4) is 17.2 Å². The van der Waals surface area contributed by atoms with Crippen molar-refractivity contribution in [3.05, 3.63) is 77.9 Å². The second kappa shape index (κ2) is 12.7. The van der Waals surface area contributed by atoms with Crippen molar-refractivity contribution in [1.82, 2.24) is 9.88 Å². The van der Waals surface area contributed by atoms with Gasteiger partial charge in [-0.1, -0.05) is 55.5 Å². The van der Waals surface area contributed by atoms with Crippen LogP contribution in [0.2, 0.25) is 0 Å². The summed E-state index contributed by atoms with van der Waals surface area (Å²) in [6, 6.07) is 20.8. The van der Waals surface area contributed by atoms with Crippen molar-refractivity contribution in [1.29, 1.82) is 0 Å². The van der Waals surface area contributed by atoms with Gasteiger partial charge in [0.05, 0.1) is 11.8 Å². The van der Waals surface area contributed by atoms with Crippen LogP contribution < -0.4 is 14.4 Å². The predicted molar refractivity (Wildman–Crippen MR) is 151 cm³/mol. The van der Waals surface area contributed by atoms with E-state index >= 15 is 0 Å². The molecular formula is C28H32ClN3O3S. The Morgan fingerprint density at radius 2 is 1.67 bits per heavy atom.